The number of nitrogens with zero attached hydrogens (tertiary/aromatic N) is 2. The van der Waals surface area contributed by atoms with Gasteiger partial charge in [-0.2, -0.15) is 0 Å². The molecule has 2 atom stereocenters. The van der Waals surface area contributed by atoms with Crippen molar-refractivity contribution in [3.05, 3.63) is 29.0 Å². The smallest absolute Gasteiger partial charge is 0.116 e. The highest BCUT2D eigenvalue weighted by atomic mass is 35.5. The number of fused-ring (bicyclic) bond motifs is 1. The van der Waals surface area contributed by atoms with Crippen LogP contribution in [0.15, 0.2) is 18.2 Å². The van der Waals surface area contributed by atoms with E-state index in [-0.39, 0.29) is 0 Å². The summed E-state index contributed by atoms with van der Waals surface area (Å²) in [6.45, 7) is 7.76. The Bertz CT molecular complexity index is 625. The lowest BCUT2D eigenvalue weighted by Crippen LogP contribution is -2.35. The molecular weight excluding hydrogens is 286 g/mol. The fourth-order valence-corrected chi connectivity index (χ4v) is 3.24. The van der Waals surface area contributed by atoms with E-state index in [1.54, 1.807) is 0 Å². The Morgan fingerprint density at radius 1 is 1.38 bits per heavy atom. The number of benzene rings is 1. The van der Waals surface area contributed by atoms with Crippen molar-refractivity contribution >= 4 is 22.6 Å². The molecule has 0 bridgehead atoms. The average molecular weight is 308 g/mol. The topological polar surface area (TPSA) is 39.1 Å². The summed E-state index contributed by atoms with van der Waals surface area (Å²) >= 11 is 6.09. The van der Waals surface area contributed by atoms with Gasteiger partial charge in [-0.15, -0.1) is 0 Å². The second kappa shape index (κ2) is 6.34. The molecule has 1 aliphatic rings. The molecule has 2 unspecified atom stereocenters. The highest BCUT2D eigenvalue weighted by Crippen LogP contribution is 2.29. The average Bonchev–Trinajstić information content (AvgIpc) is 3.07. The van der Waals surface area contributed by atoms with Crippen LogP contribution in [-0.4, -0.2) is 35.4 Å². The molecule has 1 aliphatic heterocycles. The van der Waals surface area contributed by atoms with Crippen molar-refractivity contribution in [2.45, 2.75) is 38.8 Å². The molecular formula is C16H22ClN3O. The van der Waals surface area contributed by atoms with E-state index in [1.807, 2.05) is 12.1 Å². The number of nitrogens with one attached hydrogen (secondary N) is 1. The van der Waals surface area contributed by atoms with Gasteiger partial charge >= 0.3 is 0 Å². The lowest BCUT2D eigenvalue weighted by atomic mass is 10.0. The number of ether oxygens (including phenoxy) is 1. The summed E-state index contributed by atoms with van der Waals surface area (Å²) in [5.41, 5.74) is 2.12. The van der Waals surface area contributed by atoms with Gasteiger partial charge in [0, 0.05) is 17.6 Å². The Hall–Kier alpha value is -1.10. The van der Waals surface area contributed by atoms with E-state index < -0.39 is 0 Å². The van der Waals surface area contributed by atoms with Crippen molar-refractivity contribution in [1.29, 1.82) is 0 Å². The standard InChI is InChI=1S/C16H22ClN3O/c1-3-7-18-14-10-21-9-12(14)16-19-13-8-11(17)5-6-15(13)20(16)4-2/h5-6,8,12,14,18H,3-4,7,9-10H2,1-2H3. The lowest BCUT2D eigenvalue weighted by molar-refractivity contribution is 0.187. The molecule has 3 rings (SSSR count). The number of rotatable bonds is 5. The quantitative estimate of drug-likeness (QED) is 0.922. The first-order chi connectivity index (χ1) is 10.2. The van der Waals surface area contributed by atoms with E-state index in [1.165, 1.54) is 0 Å². The molecule has 1 saturated heterocycles. The first kappa shape index (κ1) is 14.8. The predicted molar refractivity (Wildman–Crippen MR) is 86.1 cm³/mol. The summed E-state index contributed by atoms with van der Waals surface area (Å²) in [6.07, 6.45) is 1.13. The Balaban J connectivity index is 1.98. The summed E-state index contributed by atoms with van der Waals surface area (Å²) in [6, 6.07) is 6.28. The van der Waals surface area contributed by atoms with Crippen LogP contribution in [0.4, 0.5) is 0 Å². The van der Waals surface area contributed by atoms with Crippen molar-refractivity contribution in [3.63, 3.8) is 0 Å². The van der Waals surface area contributed by atoms with E-state index in [2.05, 4.69) is 29.8 Å². The molecule has 2 heterocycles. The molecule has 0 aliphatic carbocycles. The molecule has 1 aromatic carbocycles. The van der Waals surface area contributed by atoms with Crippen LogP contribution < -0.4 is 5.32 Å². The van der Waals surface area contributed by atoms with Crippen molar-refractivity contribution in [1.82, 2.24) is 14.9 Å². The summed E-state index contributed by atoms with van der Waals surface area (Å²) in [5, 5.41) is 4.32. The minimum atomic E-state index is 0.308. The van der Waals surface area contributed by atoms with Gasteiger partial charge in [0.15, 0.2) is 0 Å². The van der Waals surface area contributed by atoms with Gasteiger partial charge < -0.3 is 14.6 Å². The highest BCUT2D eigenvalue weighted by Gasteiger charge is 2.33. The summed E-state index contributed by atoms with van der Waals surface area (Å²) in [5.74, 6) is 1.42. The maximum Gasteiger partial charge on any atom is 0.116 e. The van der Waals surface area contributed by atoms with Gasteiger partial charge in [-0.3, -0.25) is 0 Å². The lowest BCUT2D eigenvalue weighted by Gasteiger charge is -2.19. The zero-order chi connectivity index (χ0) is 14.8. The fourth-order valence-electron chi connectivity index (χ4n) is 3.08. The third-order valence-corrected chi connectivity index (χ3v) is 4.36. The van der Waals surface area contributed by atoms with Gasteiger partial charge in [0.25, 0.3) is 0 Å². The molecule has 4 nitrogen and oxygen atoms in total. The van der Waals surface area contributed by atoms with E-state index in [0.29, 0.717) is 12.0 Å². The molecule has 1 N–H and O–H groups in total. The number of aryl methyl sites for hydroxylation is 1. The van der Waals surface area contributed by atoms with Gasteiger partial charge in [-0.05, 0) is 38.1 Å². The molecule has 114 valence electrons. The second-order valence-corrected chi connectivity index (χ2v) is 5.99. The first-order valence-corrected chi connectivity index (χ1v) is 8.09. The summed E-state index contributed by atoms with van der Waals surface area (Å²) in [7, 11) is 0. The summed E-state index contributed by atoms with van der Waals surface area (Å²) < 4.78 is 7.98. The monoisotopic (exact) mass is 307 g/mol. The van der Waals surface area contributed by atoms with Crippen LogP contribution >= 0.6 is 11.6 Å². The van der Waals surface area contributed by atoms with Gasteiger partial charge in [0.05, 0.1) is 30.2 Å². The van der Waals surface area contributed by atoms with E-state index >= 15 is 0 Å². The van der Waals surface area contributed by atoms with E-state index in [4.69, 9.17) is 21.3 Å². The largest absolute Gasteiger partial charge is 0.379 e. The highest BCUT2D eigenvalue weighted by molar-refractivity contribution is 6.31. The Labute approximate surface area is 130 Å². The van der Waals surface area contributed by atoms with Gasteiger partial charge in [0.2, 0.25) is 0 Å². The zero-order valence-corrected chi connectivity index (χ0v) is 13.4. The van der Waals surface area contributed by atoms with Gasteiger partial charge in [-0.1, -0.05) is 18.5 Å². The number of halogens is 1. The molecule has 21 heavy (non-hydrogen) atoms. The van der Waals surface area contributed by atoms with Crippen LogP contribution in [0.25, 0.3) is 11.0 Å². The molecule has 0 radical (unpaired) electrons. The van der Waals surface area contributed by atoms with Gasteiger partial charge in [-0.25, -0.2) is 4.98 Å². The molecule has 5 heteroatoms. The molecule has 0 amide bonds. The molecule has 0 saturated carbocycles. The molecule has 2 aromatic rings. The van der Waals surface area contributed by atoms with Crippen molar-refractivity contribution < 1.29 is 4.74 Å². The number of imidazole rings is 1. The number of hydrogen-bond acceptors (Lipinski definition) is 3. The van der Waals surface area contributed by atoms with Crippen LogP contribution in [0.3, 0.4) is 0 Å². The van der Waals surface area contributed by atoms with E-state index in [9.17, 15) is 0 Å². The minimum absolute atomic E-state index is 0.308. The van der Waals surface area contributed by atoms with Crippen LogP contribution in [-0.2, 0) is 11.3 Å². The summed E-state index contributed by atoms with van der Waals surface area (Å²) in [4.78, 5) is 4.84. The van der Waals surface area contributed by atoms with Gasteiger partial charge in [0.1, 0.15) is 5.82 Å². The SMILES string of the molecule is CCCNC1COCC1c1nc2cc(Cl)ccc2n1CC. The molecule has 0 spiro atoms. The second-order valence-electron chi connectivity index (χ2n) is 5.55. The van der Waals surface area contributed by atoms with Crippen molar-refractivity contribution in [3.8, 4) is 0 Å². The fraction of sp³-hybridized carbons (Fsp3) is 0.562. The Kier molecular flexibility index (Phi) is 4.48. The van der Waals surface area contributed by atoms with Crippen molar-refractivity contribution in [2.24, 2.45) is 0 Å². The van der Waals surface area contributed by atoms with E-state index in [0.717, 1.165) is 54.6 Å². The van der Waals surface area contributed by atoms with Crippen LogP contribution in [0.2, 0.25) is 5.02 Å². The molecule has 1 aromatic heterocycles. The minimum Gasteiger partial charge on any atom is -0.379 e. The number of aromatic nitrogens is 2. The third kappa shape index (κ3) is 2.80. The van der Waals surface area contributed by atoms with Crippen LogP contribution in [0.1, 0.15) is 32.0 Å². The normalized spacial score (nSPS) is 22.2. The Morgan fingerprint density at radius 2 is 2.24 bits per heavy atom. The zero-order valence-electron chi connectivity index (χ0n) is 12.6. The first-order valence-electron chi connectivity index (χ1n) is 7.71. The Morgan fingerprint density at radius 3 is 3.00 bits per heavy atom. The third-order valence-electron chi connectivity index (χ3n) is 4.12. The van der Waals surface area contributed by atoms with Crippen molar-refractivity contribution in [2.75, 3.05) is 19.8 Å². The number of hydrogen-bond donors (Lipinski definition) is 1. The predicted octanol–water partition coefficient (Wildman–Crippen LogP) is 3.19. The maximum absolute atomic E-state index is 6.09. The molecule has 1 fully saturated rings. The van der Waals surface area contributed by atoms with Crippen LogP contribution in [0.5, 0.6) is 0 Å². The maximum atomic E-state index is 6.09. The van der Waals surface area contributed by atoms with Crippen LogP contribution in [0, 0.1) is 0 Å².